The van der Waals surface area contributed by atoms with Crippen molar-refractivity contribution in [3.63, 3.8) is 0 Å². The van der Waals surface area contributed by atoms with Crippen LogP contribution in [0.5, 0.6) is 11.5 Å². The Kier molecular flexibility index (Phi) is 5.36. The summed E-state index contributed by atoms with van der Waals surface area (Å²) in [5.74, 6) is 0.566. The van der Waals surface area contributed by atoms with Gasteiger partial charge in [-0.1, -0.05) is 12.1 Å². The van der Waals surface area contributed by atoms with Crippen LogP contribution in [0, 0.1) is 5.82 Å². The minimum absolute atomic E-state index is 0.229. The number of benzene rings is 2. The van der Waals surface area contributed by atoms with Crippen LogP contribution in [0.15, 0.2) is 42.5 Å². The van der Waals surface area contributed by atoms with Crippen molar-refractivity contribution in [3.05, 3.63) is 59.4 Å². The minimum atomic E-state index is -0.327. The van der Waals surface area contributed by atoms with E-state index in [9.17, 15) is 9.18 Å². The molecule has 22 heavy (non-hydrogen) atoms. The van der Waals surface area contributed by atoms with E-state index in [2.05, 4.69) is 5.32 Å². The SMILES string of the molecule is COc1ccc(F)cc1CCNC(=O)c1ccccc1OC. The van der Waals surface area contributed by atoms with Gasteiger partial charge in [0.25, 0.3) is 5.91 Å². The molecule has 116 valence electrons. The van der Waals surface area contributed by atoms with Crippen LogP contribution in [-0.4, -0.2) is 26.7 Å². The summed E-state index contributed by atoms with van der Waals surface area (Å²) in [6.07, 6.45) is 0.474. The number of methoxy groups -OCH3 is 2. The number of hydrogen-bond acceptors (Lipinski definition) is 3. The number of amides is 1. The molecule has 0 aliphatic heterocycles. The Balaban J connectivity index is 1.99. The first kappa shape index (κ1) is 15.8. The molecule has 0 aliphatic carbocycles. The molecular weight excluding hydrogens is 285 g/mol. The monoisotopic (exact) mass is 303 g/mol. The predicted octanol–water partition coefficient (Wildman–Crippen LogP) is 2.82. The highest BCUT2D eigenvalue weighted by Crippen LogP contribution is 2.20. The maximum Gasteiger partial charge on any atom is 0.255 e. The molecule has 5 heteroatoms. The molecular formula is C17H18FNO3. The van der Waals surface area contributed by atoms with Crippen LogP contribution in [0.1, 0.15) is 15.9 Å². The third kappa shape index (κ3) is 3.75. The second-order valence-electron chi connectivity index (χ2n) is 4.66. The quantitative estimate of drug-likeness (QED) is 0.892. The number of halogens is 1. The van der Waals surface area contributed by atoms with Gasteiger partial charge in [0.15, 0.2) is 0 Å². The maximum atomic E-state index is 13.3. The Morgan fingerprint density at radius 2 is 1.82 bits per heavy atom. The van der Waals surface area contributed by atoms with Crippen LogP contribution in [0.2, 0.25) is 0 Å². The van der Waals surface area contributed by atoms with Gasteiger partial charge in [-0.2, -0.15) is 0 Å². The molecule has 4 nitrogen and oxygen atoms in total. The Morgan fingerprint density at radius 3 is 2.55 bits per heavy atom. The van der Waals surface area contributed by atoms with Crippen molar-refractivity contribution in [3.8, 4) is 11.5 Å². The molecule has 0 spiro atoms. The fourth-order valence-corrected chi connectivity index (χ4v) is 2.18. The third-order valence-corrected chi connectivity index (χ3v) is 3.27. The van der Waals surface area contributed by atoms with E-state index >= 15 is 0 Å². The summed E-state index contributed by atoms with van der Waals surface area (Å²) in [5, 5.41) is 2.80. The topological polar surface area (TPSA) is 47.6 Å². The maximum absolute atomic E-state index is 13.3. The van der Waals surface area contributed by atoms with Gasteiger partial charge in [0, 0.05) is 6.54 Å². The molecule has 0 radical (unpaired) electrons. The molecule has 0 saturated heterocycles. The lowest BCUT2D eigenvalue weighted by molar-refractivity contribution is 0.0951. The highest BCUT2D eigenvalue weighted by molar-refractivity contribution is 5.96. The number of carbonyl (C=O) groups is 1. The number of rotatable bonds is 6. The Bertz CT molecular complexity index is 658. The highest BCUT2D eigenvalue weighted by atomic mass is 19.1. The molecule has 0 heterocycles. The zero-order valence-corrected chi connectivity index (χ0v) is 12.6. The summed E-state index contributed by atoms with van der Waals surface area (Å²) in [6, 6.07) is 11.3. The van der Waals surface area contributed by atoms with Crippen molar-refractivity contribution in [2.75, 3.05) is 20.8 Å². The second kappa shape index (κ2) is 7.45. The summed E-state index contributed by atoms with van der Waals surface area (Å²) < 4.78 is 23.6. The summed E-state index contributed by atoms with van der Waals surface area (Å²) in [4.78, 5) is 12.1. The van der Waals surface area contributed by atoms with E-state index in [1.807, 2.05) is 0 Å². The van der Waals surface area contributed by atoms with Crippen LogP contribution in [0.4, 0.5) is 4.39 Å². The molecule has 2 rings (SSSR count). The first-order valence-corrected chi connectivity index (χ1v) is 6.89. The molecule has 0 aliphatic rings. The van der Waals surface area contributed by atoms with E-state index in [-0.39, 0.29) is 11.7 Å². The molecule has 0 unspecified atom stereocenters. The third-order valence-electron chi connectivity index (χ3n) is 3.27. The van der Waals surface area contributed by atoms with Gasteiger partial charge in [0.2, 0.25) is 0 Å². The zero-order chi connectivity index (χ0) is 15.9. The molecule has 1 amide bonds. The average molecular weight is 303 g/mol. The fourth-order valence-electron chi connectivity index (χ4n) is 2.18. The fraction of sp³-hybridized carbons (Fsp3) is 0.235. The van der Waals surface area contributed by atoms with E-state index in [1.54, 1.807) is 30.3 Å². The van der Waals surface area contributed by atoms with Crippen LogP contribution in [0.25, 0.3) is 0 Å². The van der Waals surface area contributed by atoms with Gasteiger partial charge < -0.3 is 14.8 Å². The summed E-state index contributed by atoms with van der Waals surface area (Å²) in [6.45, 7) is 0.372. The standard InChI is InChI=1S/C17H18FNO3/c1-21-15-8-7-13(18)11-12(15)9-10-19-17(20)14-5-3-4-6-16(14)22-2/h3-8,11H,9-10H2,1-2H3,(H,19,20). The van der Waals surface area contributed by atoms with Crippen molar-refractivity contribution >= 4 is 5.91 Å². The van der Waals surface area contributed by atoms with Crippen molar-refractivity contribution in [2.45, 2.75) is 6.42 Å². The van der Waals surface area contributed by atoms with Crippen LogP contribution >= 0.6 is 0 Å². The normalized spacial score (nSPS) is 10.1. The highest BCUT2D eigenvalue weighted by Gasteiger charge is 2.11. The molecule has 0 bridgehead atoms. The van der Waals surface area contributed by atoms with Crippen LogP contribution in [0.3, 0.4) is 0 Å². The van der Waals surface area contributed by atoms with E-state index in [0.717, 1.165) is 0 Å². The van der Waals surface area contributed by atoms with Gasteiger partial charge in [-0.25, -0.2) is 4.39 Å². The van der Waals surface area contributed by atoms with Gasteiger partial charge in [-0.3, -0.25) is 4.79 Å². The smallest absolute Gasteiger partial charge is 0.255 e. The largest absolute Gasteiger partial charge is 0.496 e. The van der Waals surface area contributed by atoms with Crippen molar-refractivity contribution in [1.82, 2.24) is 5.32 Å². The van der Waals surface area contributed by atoms with Crippen LogP contribution < -0.4 is 14.8 Å². The summed E-state index contributed by atoms with van der Waals surface area (Å²) >= 11 is 0. The molecule has 0 atom stereocenters. The summed E-state index contributed by atoms with van der Waals surface area (Å²) in [7, 11) is 3.05. The van der Waals surface area contributed by atoms with E-state index in [0.29, 0.717) is 35.6 Å². The number of hydrogen-bond donors (Lipinski definition) is 1. The lowest BCUT2D eigenvalue weighted by Gasteiger charge is -2.11. The molecule has 0 aromatic heterocycles. The lowest BCUT2D eigenvalue weighted by Crippen LogP contribution is -2.26. The van der Waals surface area contributed by atoms with E-state index < -0.39 is 0 Å². The second-order valence-corrected chi connectivity index (χ2v) is 4.66. The molecule has 2 aromatic carbocycles. The zero-order valence-electron chi connectivity index (χ0n) is 12.6. The number of ether oxygens (including phenoxy) is 2. The lowest BCUT2D eigenvalue weighted by atomic mass is 10.1. The van der Waals surface area contributed by atoms with Crippen LogP contribution in [-0.2, 0) is 6.42 Å². The molecule has 0 saturated carbocycles. The Labute approximate surface area is 128 Å². The molecule has 0 fully saturated rings. The number of para-hydroxylation sites is 1. The van der Waals surface area contributed by atoms with Gasteiger partial charge >= 0.3 is 0 Å². The Morgan fingerprint density at radius 1 is 1.09 bits per heavy atom. The number of carbonyl (C=O) groups excluding carboxylic acids is 1. The van der Waals surface area contributed by atoms with E-state index in [4.69, 9.17) is 9.47 Å². The minimum Gasteiger partial charge on any atom is -0.496 e. The molecule has 1 N–H and O–H groups in total. The van der Waals surface area contributed by atoms with Crippen molar-refractivity contribution < 1.29 is 18.7 Å². The van der Waals surface area contributed by atoms with Crippen molar-refractivity contribution in [2.24, 2.45) is 0 Å². The van der Waals surface area contributed by atoms with Gasteiger partial charge in [-0.05, 0) is 42.3 Å². The first-order valence-electron chi connectivity index (χ1n) is 6.89. The Hall–Kier alpha value is -2.56. The predicted molar refractivity (Wildman–Crippen MR) is 82.0 cm³/mol. The number of nitrogens with one attached hydrogen (secondary N) is 1. The van der Waals surface area contributed by atoms with E-state index in [1.165, 1.54) is 26.4 Å². The van der Waals surface area contributed by atoms with Gasteiger partial charge in [0.1, 0.15) is 17.3 Å². The van der Waals surface area contributed by atoms with Crippen molar-refractivity contribution in [1.29, 1.82) is 0 Å². The van der Waals surface area contributed by atoms with Gasteiger partial charge in [0.05, 0.1) is 19.8 Å². The average Bonchev–Trinajstić information content (AvgIpc) is 2.55. The first-order chi connectivity index (χ1) is 10.7. The van der Waals surface area contributed by atoms with Gasteiger partial charge in [-0.15, -0.1) is 0 Å². The summed E-state index contributed by atoms with van der Waals surface area (Å²) in [5.41, 5.74) is 1.18. The molecule has 2 aromatic rings.